The third-order valence-electron chi connectivity index (χ3n) is 2.36. The SMILES string of the molecule is N#Cc1cc(CS(=O)c2cccc(N)c2)ccn1. The second-order valence-corrected chi connectivity index (χ2v) is 5.17. The molecule has 1 unspecified atom stereocenters. The maximum absolute atomic E-state index is 12.1. The molecule has 0 amide bonds. The Morgan fingerprint density at radius 2 is 2.17 bits per heavy atom. The van der Waals surface area contributed by atoms with Gasteiger partial charge in [0.1, 0.15) is 11.8 Å². The van der Waals surface area contributed by atoms with Gasteiger partial charge < -0.3 is 5.73 Å². The summed E-state index contributed by atoms with van der Waals surface area (Å²) in [5.41, 5.74) is 7.39. The molecule has 2 rings (SSSR count). The van der Waals surface area contributed by atoms with Crippen molar-refractivity contribution in [3.05, 3.63) is 53.9 Å². The van der Waals surface area contributed by atoms with Crippen LogP contribution in [0.2, 0.25) is 0 Å². The molecule has 90 valence electrons. The van der Waals surface area contributed by atoms with E-state index in [2.05, 4.69) is 4.98 Å². The van der Waals surface area contributed by atoms with E-state index in [0.717, 1.165) is 5.56 Å². The molecule has 0 radical (unpaired) electrons. The first-order valence-electron chi connectivity index (χ1n) is 5.28. The minimum Gasteiger partial charge on any atom is -0.399 e. The fourth-order valence-electron chi connectivity index (χ4n) is 1.52. The molecule has 1 aromatic heterocycles. The van der Waals surface area contributed by atoms with Gasteiger partial charge in [-0.1, -0.05) is 6.07 Å². The average molecular weight is 257 g/mol. The van der Waals surface area contributed by atoms with Gasteiger partial charge in [0.2, 0.25) is 0 Å². The molecule has 1 heterocycles. The number of nitrogens with two attached hydrogens (primary N) is 1. The van der Waals surface area contributed by atoms with Crippen LogP contribution in [-0.2, 0) is 16.6 Å². The van der Waals surface area contributed by atoms with Gasteiger partial charge >= 0.3 is 0 Å². The maximum Gasteiger partial charge on any atom is 0.140 e. The van der Waals surface area contributed by atoms with Gasteiger partial charge in [-0.3, -0.25) is 4.21 Å². The lowest BCUT2D eigenvalue weighted by molar-refractivity contribution is 0.682. The average Bonchev–Trinajstić information content (AvgIpc) is 2.39. The largest absolute Gasteiger partial charge is 0.399 e. The summed E-state index contributed by atoms with van der Waals surface area (Å²) in [5, 5.41) is 8.74. The van der Waals surface area contributed by atoms with Crippen LogP contribution in [0.25, 0.3) is 0 Å². The molecule has 0 aliphatic carbocycles. The van der Waals surface area contributed by atoms with Gasteiger partial charge in [0.15, 0.2) is 0 Å². The smallest absolute Gasteiger partial charge is 0.140 e. The molecule has 1 atom stereocenters. The lowest BCUT2D eigenvalue weighted by atomic mass is 10.2. The standard InChI is InChI=1S/C13H11N3OS/c14-8-12-6-10(4-5-16-12)9-18(17)13-3-1-2-11(15)7-13/h1-7H,9,15H2. The molecule has 0 saturated carbocycles. The predicted octanol–water partition coefficient (Wildman–Crippen LogP) is 1.84. The van der Waals surface area contributed by atoms with Crippen LogP contribution in [0.4, 0.5) is 5.69 Å². The van der Waals surface area contributed by atoms with Gasteiger partial charge in [-0.05, 0) is 35.9 Å². The highest BCUT2D eigenvalue weighted by Gasteiger charge is 2.06. The van der Waals surface area contributed by atoms with Crippen LogP contribution in [0.5, 0.6) is 0 Å². The lowest BCUT2D eigenvalue weighted by Crippen LogP contribution is -1.98. The minimum atomic E-state index is -1.17. The quantitative estimate of drug-likeness (QED) is 0.851. The fraction of sp³-hybridized carbons (Fsp3) is 0.0769. The Morgan fingerprint density at radius 3 is 2.89 bits per heavy atom. The van der Waals surface area contributed by atoms with E-state index in [4.69, 9.17) is 11.0 Å². The van der Waals surface area contributed by atoms with E-state index >= 15 is 0 Å². The number of benzene rings is 1. The Kier molecular flexibility index (Phi) is 3.70. The molecular weight excluding hydrogens is 246 g/mol. The first-order chi connectivity index (χ1) is 8.69. The number of nitrogen functional groups attached to an aromatic ring is 1. The van der Waals surface area contributed by atoms with E-state index < -0.39 is 10.8 Å². The van der Waals surface area contributed by atoms with Crippen LogP contribution in [0.3, 0.4) is 0 Å². The number of hydrogen-bond acceptors (Lipinski definition) is 4. The van der Waals surface area contributed by atoms with E-state index in [9.17, 15) is 4.21 Å². The van der Waals surface area contributed by atoms with E-state index in [1.165, 1.54) is 0 Å². The summed E-state index contributed by atoms with van der Waals surface area (Å²) in [4.78, 5) is 4.56. The minimum absolute atomic E-state index is 0.331. The number of hydrogen-bond donors (Lipinski definition) is 1. The van der Waals surface area contributed by atoms with Crippen LogP contribution in [-0.4, -0.2) is 9.19 Å². The van der Waals surface area contributed by atoms with Crippen molar-refractivity contribution < 1.29 is 4.21 Å². The third kappa shape index (κ3) is 2.93. The van der Waals surface area contributed by atoms with Gasteiger partial charge in [-0.15, -0.1) is 0 Å². The van der Waals surface area contributed by atoms with E-state index in [-0.39, 0.29) is 0 Å². The molecule has 2 N–H and O–H groups in total. The molecule has 0 spiro atoms. The first-order valence-corrected chi connectivity index (χ1v) is 6.60. The molecular formula is C13H11N3OS. The molecule has 1 aromatic carbocycles. The fourth-order valence-corrected chi connectivity index (χ4v) is 2.66. The molecule has 5 heteroatoms. The molecule has 0 saturated heterocycles. The summed E-state index contributed by atoms with van der Waals surface area (Å²) in [5.74, 6) is 0.348. The summed E-state index contributed by atoms with van der Waals surface area (Å²) in [6, 6.07) is 12.4. The van der Waals surface area contributed by atoms with Crippen LogP contribution in [0.1, 0.15) is 11.3 Å². The molecule has 18 heavy (non-hydrogen) atoms. The number of nitriles is 1. The van der Waals surface area contributed by atoms with Crippen LogP contribution in [0, 0.1) is 11.3 Å². The Labute approximate surface area is 108 Å². The topological polar surface area (TPSA) is 79.8 Å². The van der Waals surface area contributed by atoms with Crippen LogP contribution in [0.15, 0.2) is 47.5 Å². The van der Waals surface area contributed by atoms with Crippen molar-refractivity contribution >= 4 is 16.5 Å². The number of rotatable bonds is 3. The summed E-state index contributed by atoms with van der Waals surface area (Å²) in [6.45, 7) is 0. The Morgan fingerprint density at radius 1 is 1.33 bits per heavy atom. The highest BCUT2D eigenvalue weighted by Crippen LogP contribution is 2.15. The van der Waals surface area contributed by atoms with Crippen molar-refractivity contribution in [1.29, 1.82) is 5.26 Å². The lowest BCUT2D eigenvalue weighted by Gasteiger charge is -2.03. The Hall–Kier alpha value is -2.19. The first kappa shape index (κ1) is 12.3. The highest BCUT2D eigenvalue weighted by atomic mass is 32.2. The van der Waals surface area contributed by atoms with Crippen molar-refractivity contribution in [2.75, 3.05) is 5.73 Å². The Balaban J connectivity index is 2.19. The molecule has 0 aliphatic rings. The van der Waals surface area contributed by atoms with Crippen LogP contribution >= 0.6 is 0 Å². The van der Waals surface area contributed by atoms with Crippen LogP contribution < -0.4 is 5.73 Å². The zero-order chi connectivity index (χ0) is 13.0. The molecule has 0 bridgehead atoms. The summed E-state index contributed by atoms with van der Waals surface area (Å²) in [6.07, 6.45) is 1.55. The zero-order valence-electron chi connectivity index (χ0n) is 9.54. The van der Waals surface area contributed by atoms with Gasteiger partial charge in [0.25, 0.3) is 0 Å². The zero-order valence-corrected chi connectivity index (χ0v) is 10.4. The number of anilines is 1. The van der Waals surface area contributed by atoms with E-state index in [1.54, 1.807) is 42.6 Å². The maximum atomic E-state index is 12.1. The van der Waals surface area contributed by atoms with Crippen molar-refractivity contribution in [3.8, 4) is 6.07 Å². The predicted molar refractivity (Wildman–Crippen MR) is 69.9 cm³/mol. The van der Waals surface area contributed by atoms with Crippen molar-refractivity contribution in [2.45, 2.75) is 10.6 Å². The normalized spacial score (nSPS) is 11.7. The summed E-state index contributed by atoms with van der Waals surface area (Å²) >= 11 is 0. The van der Waals surface area contributed by atoms with E-state index in [1.807, 2.05) is 6.07 Å². The second-order valence-electron chi connectivity index (χ2n) is 3.72. The molecule has 2 aromatic rings. The monoisotopic (exact) mass is 257 g/mol. The van der Waals surface area contributed by atoms with Gasteiger partial charge in [-0.2, -0.15) is 5.26 Å². The Bertz CT molecular complexity index is 634. The van der Waals surface area contributed by atoms with E-state index in [0.29, 0.717) is 22.0 Å². The van der Waals surface area contributed by atoms with Crippen molar-refractivity contribution in [2.24, 2.45) is 0 Å². The van der Waals surface area contributed by atoms with Gasteiger partial charge in [0.05, 0.1) is 16.6 Å². The molecule has 4 nitrogen and oxygen atoms in total. The number of nitrogens with zero attached hydrogens (tertiary/aromatic N) is 2. The molecule has 0 fully saturated rings. The number of pyridine rings is 1. The van der Waals surface area contributed by atoms with Crippen molar-refractivity contribution in [3.63, 3.8) is 0 Å². The van der Waals surface area contributed by atoms with Gasteiger partial charge in [-0.25, -0.2) is 4.98 Å². The number of aromatic nitrogens is 1. The third-order valence-corrected chi connectivity index (χ3v) is 3.73. The molecule has 0 aliphatic heterocycles. The summed E-state index contributed by atoms with van der Waals surface area (Å²) in [7, 11) is -1.17. The second kappa shape index (κ2) is 5.43. The summed E-state index contributed by atoms with van der Waals surface area (Å²) < 4.78 is 12.1. The van der Waals surface area contributed by atoms with Crippen molar-refractivity contribution in [1.82, 2.24) is 4.98 Å². The highest BCUT2D eigenvalue weighted by molar-refractivity contribution is 7.84. The van der Waals surface area contributed by atoms with Gasteiger partial charge in [0, 0.05) is 16.8 Å².